The third kappa shape index (κ3) is 4.71. The van der Waals surface area contributed by atoms with Gasteiger partial charge >= 0.3 is 5.97 Å². The molecule has 0 aliphatic heterocycles. The average molecular weight is 173 g/mol. The summed E-state index contributed by atoms with van der Waals surface area (Å²) in [6.07, 6.45) is 5.37. The van der Waals surface area contributed by atoms with E-state index in [0.29, 0.717) is 12.2 Å². The van der Waals surface area contributed by atoms with Gasteiger partial charge in [-0.1, -0.05) is 5.92 Å². The van der Waals surface area contributed by atoms with Crippen LogP contribution < -0.4 is 5.73 Å². The molecule has 0 bridgehead atoms. The van der Waals surface area contributed by atoms with Crippen molar-refractivity contribution < 1.29 is 9.53 Å². The van der Waals surface area contributed by atoms with Crippen molar-refractivity contribution in [2.24, 2.45) is 5.73 Å². The van der Waals surface area contributed by atoms with E-state index in [-0.39, 0.29) is 6.61 Å². The first kappa shape index (κ1) is 10.3. The van der Waals surface area contributed by atoms with Crippen molar-refractivity contribution in [3.8, 4) is 12.3 Å². The second-order valence-corrected chi connectivity index (χ2v) is 2.38. The molecule has 0 saturated carbocycles. The van der Waals surface area contributed by atoms with Gasteiger partial charge in [-0.2, -0.15) is 12.6 Å². The Morgan fingerprint density at radius 2 is 2.45 bits per heavy atom. The number of esters is 1. The van der Waals surface area contributed by atoms with Gasteiger partial charge in [-0.05, 0) is 12.2 Å². The second kappa shape index (κ2) is 6.08. The standard InChI is InChI=1S/C7H11NO2S/c1-2-4-10-7(9)6(8)3-5-11/h1,6,11H,3-5,8H2/t6-/m0/s1. The van der Waals surface area contributed by atoms with Gasteiger partial charge < -0.3 is 10.5 Å². The molecule has 0 radical (unpaired) electrons. The highest BCUT2D eigenvalue weighted by molar-refractivity contribution is 7.80. The zero-order valence-electron chi connectivity index (χ0n) is 6.12. The lowest BCUT2D eigenvalue weighted by Gasteiger charge is -2.07. The molecule has 0 aromatic carbocycles. The zero-order chi connectivity index (χ0) is 8.69. The zero-order valence-corrected chi connectivity index (χ0v) is 7.01. The van der Waals surface area contributed by atoms with E-state index in [4.69, 9.17) is 12.2 Å². The van der Waals surface area contributed by atoms with Crippen molar-refractivity contribution in [3.05, 3.63) is 0 Å². The summed E-state index contributed by atoms with van der Waals surface area (Å²) in [6.45, 7) is -0.0148. The molecule has 62 valence electrons. The number of hydrogen-bond acceptors (Lipinski definition) is 4. The van der Waals surface area contributed by atoms with Gasteiger partial charge in [0.1, 0.15) is 6.04 Å². The van der Waals surface area contributed by atoms with E-state index in [2.05, 4.69) is 23.3 Å². The Balaban J connectivity index is 3.57. The maximum atomic E-state index is 10.8. The molecule has 0 unspecified atom stereocenters. The number of rotatable bonds is 4. The van der Waals surface area contributed by atoms with E-state index < -0.39 is 12.0 Å². The topological polar surface area (TPSA) is 52.3 Å². The Kier molecular flexibility index (Phi) is 5.71. The van der Waals surface area contributed by atoms with E-state index in [1.807, 2.05) is 0 Å². The Labute approximate surface area is 71.7 Å². The van der Waals surface area contributed by atoms with Crippen molar-refractivity contribution in [3.63, 3.8) is 0 Å². The fraction of sp³-hybridized carbons (Fsp3) is 0.571. The minimum absolute atomic E-state index is 0.0148. The molecular weight excluding hydrogens is 162 g/mol. The third-order valence-electron chi connectivity index (χ3n) is 1.04. The van der Waals surface area contributed by atoms with E-state index in [0.717, 1.165) is 0 Å². The van der Waals surface area contributed by atoms with Crippen LogP contribution in [0, 0.1) is 12.3 Å². The summed E-state index contributed by atoms with van der Waals surface area (Å²) in [4.78, 5) is 10.8. The number of hydrogen-bond donors (Lipinski definition) is 2. The summed E-state index contributed by atoms with van der Waals surface area (Å²) >= 11 is 3.92. The summed E-state index contributed by atoms with van der Waals surface area (Å²) in [5, 5.41) is 0. The monoisotopic (exact) mass is 173 g/mol. The molecule has 0 spiro atoms. The minimum Gasteiger partial charge on any atom is -0.451 e. The smallest absolute Gasteiger partial charge is 0.323 e. The van der Waals surface area contributed by atoms with Crippen LogP contribution in [-0.4, -0.2) is 24.4 Å². The number of thiol groups is 1. The Hall–Kier alpha value is -0.660. The lowest BCUT2D eigenvalue weighted by Crippen LogP contribution is -2.32. The van der Waals surface area contributed by atoms with Crippen LogP contribution in [0.2, 0.25) is 0 Å². The van der Waals surface area contributed by atoms with Gasteiger partial charge in [-0.25, -0.2) is 0 Å². The molecule has 3 nitrogen and oxygen atoms in total. The van der Waals surface area contributed by atoms with Crippen LogP contribution in [0.5, 0.6) is 0 Å². The molecule has 2 N–H and O–H groups in total. The van der Waals surface area contributed by atoms with Crippen LogP contribution in [0.1, 0.15) is 6.42 Å². The highest BCUT2D eigenvalue weighted by Crippen LogP contribution is 1.93. The molecular formula is C7H11NO2S. The first-order chi connectivity index (χ1) is 5.22. The second-order valence-electron chi connectivity index (χ2n) is 1.93. The average Bonchev–Trinajstić information content (AvgIpc) is 2.00. The molecule has 0 saturated heterocycles. The van der Waals surface area contributed by atoms with Crippen molar-refractivity contribution in [2.45, 2.75) is 12.5 Å². The predicted molar refractivity (Wildman–Crippen MR) is 46.2 cm³/mol. The van der Waals surface area contributed by atoms with Gasteiger partial charge in [0.15, 0.2) is 6.61 Å². The maximum absolute atomic E-state index is 10.8. The van der Waals surface area contributed by atoms with Crippen LogP contribution in [-0.2, 0) is 9.53 Å². The first-order valence-electron chi connectivity index (χ1n) is 3.19. The fourth-order valence-corrected chi connectivity index (χ4v) is 0.755. The third-order valence-corrected chi connectivity index (χ3v) is 1.30. The number of carbonyl (C=O) groups is 1. The van der Waals surface area contributed by atoms with Crippen molar-refractivity contribution >= 4 is 18.6 Å². The van der Waals surface area contributed by atoms with E-state index >= 15 is 0 Å². The molecule has 0 heterocycles. The number of nitrogens with two attached hydrogens (primary N) is 1. The van der Waals surface area contributed by atoms with E-state index in [1.54, 1.807) is 0 Å². The number of terminal acetylenes is 1. The van der Waals surface area contributed by atoms with Gasteiger partial charge in [-0.3, -0.25) is 4.79 Å². The summed E-state index contributed by atoms with van der Waals surface area (Å²) in [5.74, 6) is 2.28. The fourth-order valence-electron chi connectivity index (χ4n) is 0.477. The summed E-state index contributed by atoms with van der Waals surface area (Å²) < 4.78 is 4.57. The summed E-state index contributed by atoms with van der Waals surface area (Å²) in [6, 6.07) is -0.596. The molecule has 0 rings (SSSR count). The Bertz CT molecular complexity index is 164. The van der Waals surface area contributed by atoms with Crippen molar-refractivity contribution in [1.82, 2.24) is 0 Å². The Morgan fingerprint density at radius 1 is 1.82 bits per heavy atom. The van der Waals surface area contributed by atoms with Gasteiger partial charge in [-0.15, -0.1) is 6.42 Å². The SMILES string of the molecule is C#CCOC(=O)[C@@H](N)CCS. The Morgan fingerprint density at radius 3 is 2.91 bits per heavy atom. The highest BCUT2D eigenvalue weighted by Gasteiger charge is 2.12. The maximum Gasteiger partial charge on any atom is 0.323 e. The van der Waals surface area contributed by atoms with Crippen LogP contribution in [0.25, 0.3) is 0 Å². The molecule has 0 aliphatic rings. The normalized spacial score (nSPS) is 11.7. The van der Waals surface area contributed by atoms with Gasteiger partial charge in [0.05, 0.1) is 0 Å². The molecule has 0 aromatic rings. The summed E-state index contributed by atoms with van der Waals surface area (Å²) in [5.41, 5.74) is 5.38. The molecule has 4 heteroatoms. The van der Waals surface area contributed by atoms with Crippen molar-refractivity contribution in [1.29, 1.82) is 0 Å². The minimum atomic E-state index is -0.596. The quantitative estimate of drug-likeness (QED) is 0.352. The van der Waals surface area contributed by atoms with E-state index in [9.17, 15) is 4.79 Å². The van der Waals surface area contributed by atoms with Gasteiger partial charge in [0.25, 0.3) is 0 Å². The van der Waals surface area contributed by atoms with Crippen LogP contribution in [0.3, 0.4) is 0 Å². The summed E-state index contributed by atoms with van der Waals surface area (Å²) in [7, 11) is 0. The molecule has 1 atom stereocenters. The lowest BCUT2D eigenvalue weighted by atomic mass is 10.2. The van der Waals surface area contributed by atoms with E-state index in [1.165, 1.54) is 0 Å². The van der Waals surface area contributed by atoms with Gasteiger partial charge in [0, 0.05) is 0 Å². The van der Waals surface area contributed by atoms with Crippen LogP contribution in [0.4, 0.5) is 0 Å². The molecule has 0 amide bonds. The molecule has 11 heavy (non-hydrogen) atoms. The molecule has 0 fully saturated rings. The number of ether oxygens (including phenoxy) is 1. The largest absolute Gasteiger partial charge is 0.451 e. The lowest BCUT2D eigenvalue weighted by molar-refractivity contribution is -0.143. The number of carbonyl (C=O) groups excluding carboxylic acids is 1. The molecule has 0 aromatic heterocycles. The molecule has 0 aliphatic carbocycles. The predicted octanol–water partition coefficient (Wildman–Crippen LogP) is -0.190. The van der Waals surface area contributed by atoms with Gasteiger partial charge in [0.2, 0.25) is 0 Å². The first-order valence-corrected chi connectivity index (χ1v) is 3.82. The highest BCUT2D eigenvalue weighted by atomic mass is 32.1. The van der Waals surface area contributed by atoms with Crippen molar-refractivity contribution in [2.75, 3.05) is 12.4 Å². The van der Waals surface area contributed by atoms with Crippen LogP contribution >= 0.6 is 12.6 Å². The van der Waals surface area contributed by atoms with Crippen LogP contribution in [0.15, 0.2) is 0 Å².